The molecular formula is C24H28FN3O3S. The Kier molecular flexibility index (Phi) is 6.98. The Labute approximate surface area is 192 Å². The van der Waals surface area contributed by atoms with Crippen molar-refractivity contribution in [2.75, 3.05) is 6.61 Å². The molecule has 1 aromatic carbocycles. The number of nitrogens with one attached hydrogen (secondary N) is 1. The van der Waals surface area contributed by atoms with Crippen LogP contribution >= 0.6 is 11.8 Å². The van der Waals surface area contributed by atoms with Crippen molar-refractivity contribution in [1.29, 1.82) is 0 Å². The molecule has 0 saturated heterocycles. The van der Waals surface area contributed by atoms with Gasteiger partial charge in [0, 0.05) is 17.3 Å². The molecule has 0 aromatic heterocycles. The molecule has 32 heavy (non-hydrogen) atoms. The molecule has 6 nitrogen and oxygen atoms in total. The number of benzene rings is 1. The van der Waals surface area contributed by atoms with E-state index in [-0.39, 0.29) is 25.0 Å². The van der Waals surface area contributed by atoms with Crippen LogP contribution < -0.4 is 5.32 Å². The first kappa shape index (κ1) is 22.6. The fraction of sp³-hybridized carbons (Fsp3) is 0.458. The first-order chi connectivity index (χ1) is 15.5. The van der Waals surface area contributed by atoms with Crippen LogP contribution in [0.1, 0.15) is 64.0 Å². The number of aliphatic imine (C=N–C) groups is 1. The fourth-order valence-electron chi connectivity index (χ4n) is 4.52. The number of fused-ring (bicyclic) bond motifs is 1. The molecule has 1 aliphatic carbocycles. The SMILES string of the molecule is CCOC(=O)C1=C(C)N=C2SC=C(CC(=O)NC3CCCCC3)N2[C@H]1c1ccccc1F. The van der Waals surface area contributed by atoms with Gasteiger partial charge in [-0.3, -0.25) is 4.79 Å². The summed E-state index contributed by atoms with van der Waals surface area (Å²) in [5.41, 5.74) is 1.84. The van der Waals surface area contributed by atoms with Gasteiger partial charge in [-0.05, 0) is 38.2 Å². The minimum absolute atomic E-state index is 0.0683. The molecule has 4 rings (SSSR count). The highest BCUT2D eigenvalue weighted by atomic mass is 32.2. The summed E-state index contributed by atoms with van der Waals surface area (Å²) in [6.45, 7) is 3.67. The second-order valence-electron chi connectivity index (χ2n) is 8.21. The molecule has 1 N–H and O–H groups in total. The van der Waals surface area contributed by atoms with E-state index in [9.17, 15) is 14.0 Å². The van der Waals surface area contributed by atoms with Gasteiger partial charge in [-0.2, -0.15) is 0 Å². The third-order valence-electron chi connectivity index (χ3n) is 6.01. The number of thioether (sulfide) groups is 1. The Morgan fingerprint density at radius 3 is 2.72 bits per heavy atom. The summed E-state index contributed by atoms with van der Waals surface area (Å²) in [4.78, 5) is 32.1. The van der Waals surface area contributed by atoms with E-state index >= 15 is 0 Å². The van der Waals surface area contributed by atoms with E-state index in [1.807, 2.05) is 10.3 Å². The van der Waals surface area contributed by atoms with Gasteiger partial charge in [-0.25, -0.2) is 14.2 Å². The van der Waals surface area contributed by atoms with E-state index in [2.05, 4.69) is 10.3 Å². The lowest BCUT2D eigenvalue weighted by atomic mass is 9.93. The van der Waals surface area contributed by atoms with Gasteiger partial charge >= 0.3 is 5.97 Å². The summed E-state index contributed by atoms with van der Waals surface area (Å²) in [6.07, 6.45) is 5.63. The van der Waals surface area contributed by atoms with Gasteiger partial charge in [0.25, 0.3) is 0 Å². The number of halogens is 1. The number of hydrogen-bond acceptors (Lipinski definition) is 6. The van der Waals surface area contributed by atoms with Crippen LogP contribution in [0.2, 0.25) is 0 Å². The number of allylic oxidation sites excluding steroid dienone is 1. The van der Waals surface area contributed by atoms with Gasteiger partial charge in [-0.15, -0.1) is 0 Å². The van der Waals surface area contributed by atoms with Crippen LogP contribution in [-0.2, 0) is 14.3 Å². The van der Waals surface area contributed by atoms with Crippen molar-refractivity contribution in [2.45, 2.75) is 64.5 Å². The zero-order chi connectivity index (χ0) is 22.7. The maximum atomic E-state index is 14.9. The summed E-state index contributed by atoms with van der Waals surface area (Å²) < 4.78 is 20.2. The second-order valence-corrected chi connectivity index (χ2v) is 9.05. The van der Waals surface area contributed by atoms with Gasteiger partial charge in [-0.1, -0.05) is 49.2 Å². The lowest BCUT2D eigenvalue weighted by Gasteiger charge is -2.36. The number of amides is 1. The second kappa shape index (κ2) is 9.90. The molecular weight excluding hydrogens is 429 g/mol. The Bertz CT molecular complexity index is 998. The molecule has 2 heterocycles. The maximum absolute atomic E-state index is 14.9. The first-order valence-corrected chi connectivity index (χ1v) is 12.0. The van der Waals surface area contributed by atoms with Crippen molar-refractivity contribution in [3.63, 3.8) is 0 Å². The summed E-state index contributed by atoms with van der Waals surface area (Å²) in [5, 5.41) is 5.64. The van der Waals surface area contributed by atoms with Crippen LogP contribution in [-0.4, -0.2) is 34.6 Å². The monoisotopic (exact) mass is 457 g/mol. The molecule has 1 atom stereocenters. The van der Waals surface area contributed by atoms with Gasteiger partial charge < -0.3 is 15.0 Å². The van der Waals surface area contributed by atoms with Crippen molar-refractivity contribution in [3.05, 3.63) is 58.0 Å². The molecule has 170 valence electrons. The third kappa shape index (κ3) is 4.60. The van der Waals surface area contributed by atoms with Crippen LogP contribution in [0.5, 0.6) is 0 Å². The van der Waals surface area contributed by atoms with Crippen LogP contribution in [0.25, 0.3) is 0 Å². The van der Waals surface area contributed by atoms with E-state index in [4.69, 9.17) is 4.74 Å². The van der Waals surface area contributed by atoms with Crippen LogP contribution in [0.4, 0.5) is 4.39 Å². The van der Waals surface area contributed by atoms with Gasteiger partial charge in [0.15, 0.2) is 5.17 Å². The molecule has 1 amide bonds. The Balaban J connectivity index is 1.64. The fourth-order valence-corrected chi connectivity index (χ4v) is 5.49. The molecule has 0 unspecified atom stereocenters. The maximum Gasteiger partial charge on any atom is 0.338 e. The number of amidine groups is 1. The number of hydrogen-bond donors (Lipinski definition) is 1. The van der Waals surface area contributed by atoms with E-state index in [1.165, 1.54) is 24.2 Å². The molecule has 0 radical (unpaired) electrons. The lowest BCUT2D eigenvalue weighted by Crippen LogP contribution is -2.40. The molecule has 0 bridgehead atoms. The van der Waals surface area contributed by atoms with E-state index in [0.717, 1.165) is 25.7 Å². The van der Waals surface area contributed by atoms with Crippen molar-refractivity contribution in [2.24, 2.45) is 4.99 Å². The first-order valence-electron chi connectivity index (χ1n) is 11.1. The molecule has 8 heteroatoms. The lowest BCUT2D eigenvalue weighted by molar-refractivity contribution is -0.139. The van der Waals surface area contributed by atoms with Crippen molar-refractivity contribution in [3.8, 4) is 0 Å². The van der Waals surface area contributed by atoms with E-state index in [0.29, 0.717) is 27.7 Å². The van der Waals surface area contributed by atoms with Crippen molar-refractivity contribution < 1.29 is 18.7 Å². The highest BCUT2D eigenvalue weighted by Crippen LogP contribution is 2.45. The number of rotatable bonds is 6. The number of carbonyl (C=O) groups is 2. The smallest absolute Gasteiger partial charge is 0.338 e. The minimum Gasteiger partial charge on any atom is -0.463 e. The highest BCUT2D eigenvalue weighted by molar-refractivity contribution is 8.16. The minimum atomic E-state index is -0.744. The average molecular weight is 458 g/mol. The molecule has 1 saturated carbocycles. The quantitative estimate of drug-likeness (QED) is 0.621. The van der Waals surface area contributed by atoms with Crippen molar-refractivity contribution >= 4 is 28.8 Å². The Morgan fingerprint density at radius 1 is 1.25 bits per heavy atom. The molecule has 2 aliphatic heterocycles. The molecule has 0 spiro atoms. The zero-order valence-corrected chi connectivity index (χ0v) is 19.2. The largest absolute Gasteiger partial charge is 0.463 e. The number of esters is 1. The van der Waals surface area contributed by atoms with Crippen LogP contribution in [0.3, 0.4) is 0 Å². The molecule has 1 aromatic rings. The topological polar surface area (TPSA) is 71.0 Å². The molecule has 3 aliphatic rings. The average Bonchev–Trinajstić information content (AvgIpc) is 3.16. The molecule has 1 fully saturated rings. The number of carbonyl (C=O) groups excluding carboxylic acids is 2. The Hall–Kier alpha value is -2.61. The number of nitrogens with zero attached hydrogens (tertiary/aromatic N) is 2. The summed E-state index contributed by atoms with van der Waals surface area (Å²) in [5.74, 6) is -1.01. The van der Waals surface area contributed by atoms with E-state index in [1.54, 1.807) is 32.0 Å². The normalized spacial score (nSPS) is 21.1. The summed E-state index contributed by atoms with van der Waals surface area (Å²) >= 11 is 1.38. The van der Waals surface area contributed by atoms with Crippen LogP contribution in [0, 0.1) is 5.82 Å². The zero-order valence-electron chi connectivity index (χ0n) is 18.4. The van der Waals surface area contributed by atoms with Crippen LogP contribution in [0.15, 0.2) is 51.6 Å². The summed E-state index contributed by atoms with van der Waals surface area (Å²) in [7, 11) is 0. The number of ether oxygens (including phenoxy) is 1. The Morgan fingerprint density at radius 2 is 2.00 bits per heavy atom. The van der Waals surface area contributed by atoms with Crippen molar-refractivity contribution in [1.82, 2.24) is 10.2 Å². The van der Waals surface area contributed by atoms with Gasteiger partial charge in [0.1, 0.15) is 5.82 Å². The van der Waals surface area contributed by atoms with Gasteiger partial charge in [0.2, 0.25) is 5.91 Å². The highest BCUT2D eigenvalue weighted by Gasteiger charge is 2.42. The standard InChI is InChI=1S/C24H28FN3O3S/c1-3-31-23(30)21-15(2)26-24-28(22(21)18-11-7-8-12-19(18)25)17(14-32-24)13-20(29)27-16-9-5-4-6-10-16/h7-8,11-12,14,16,22H,3-6,9-10,13H2,1-2H3,(H,27,29)/t22-/m0/s1. The third-order valence-corrected chi connectivity index (χ3v) is 6.90. The summed E-state index contributed by atoms with van der Waals surface area (Å²) in [6, 6.07) is 5.86. The van der Waals surface area contributed by atoms with E-state index < -0.39 is 17.8 Å². The van der Waals surface area contributed by atoms with Gasteiger partial charge in [0.05, 0.1) is 30.3 Å². The predicted octanol–water partition coefficient (Wildman–Crippen LogP) is 4.80. The predicted molar refractivity (Wildman–Crippen MR) is 123 cm³/mol.